The number of nitrogens with zero attached hydrogens (tertiary/aromatic N) is 5. The van der Waals surface area contributed by atoms with Crippen LogP contribution in [0.4, 0.5) is 5.69 Å². The van der Waals surface area contributed by atoms with Gasteiger partial charge in [0, 0.05) is 7.05 Å². The summed E-state index contributed by atoms with van der Waals surface area (Å²) in [7, 11) is 1.81. The molecule has 56 valence electrons. The zero-order chi connectivity index (χ0) is 7.68. The molecule has 0 aliphatic carbocycles. The van der Waals surface area contributed by atoms with Crippen LogP contribution in [0, 0.1) is 0 Å². The van der Waals surface area contributed by atoms with E-state index in [1.165, 1.54) is 4.63 Å². The predicted octanol–water partition coefficient (Wildman–Crippen LogP) is -0.439. The van der Waals surface area contributed by atoms with E-state index in [9.17, 15) is 0 Å². The molecule has 0 spiro atoms. The van der Waals surface area contributed by atoms with Crippen molar-refractivity contribution in [2.75, 3.05) is 12.4 Å². The van der Waals surface area contributed by atoms with Crippen LogP contribution >= 0.6 is 0 Å². The third-order valence-electron chi connectivity index (χ3n) is 1.38. The maximum Gasteiger partial charge on any atom is 0.222 e. The number of fused-ring (bicyclic) bond motifs is 1. The van der Waals surface area contributed by atoms with E-state index in [1.807, 2.05) is 13.1 Å². The molecule has 6 heteroatoms. The Labute approximate surface area is 62.2 Å². The number of hydrogen-bond acceptors (Lipinski definition) is 5. The van der Waals surface area contributed by atoms with E-state index in [0.717, 1.165) is 5.69 Å². The second-order valence-electron chi connectivity index (χ2n) is 1.99. The largest absolute Gasteiger partial charge is 0.385 e. The normalized spacial score (nSPS) is 10.3. The summed E-state index contributed by atoms with van der Waals surface area (Å²) in [4.78, 5) is 0. The van der Waals surface area contributed by atoms with Crippen molar-refractivity contribution in [3.8, 4) is 0 Å². The molecule has 2 heterocycles. The Balaban J connectivity index is 2.79. The summed E-state index contributed by atoms with van der Waals surface area (Å²) in [6.45, 7) is 0. The molecule has 0 aliphatic rings. The second-order valence-corrected chi connectivity index (χ2v) is 1.99. The van der Waals surface area contributed by atoms with Gasteiger partial charge in [0.15, 0.2) is 0 Å². The van der Waals surface area contributed by atoms with Crippen molar-refractivity contribution >= 4 is 11.3 Å². The van der Waals surface area contributed by atoms with Gasteiger partial charge in [-0.2, -0.15) is 5.10 Å². The smallest absolute Gasteiger partial charge is 0.222 e. The minimum absolute atomic E-state index is 0.634. The van der Waals surface area contributed by atoms with Crippen LogP contribution in [0.15, 0.2) is 12.3 Å². The van der Waals surface area contributed by atoms with Crippen LogP contribution in [0.2, 0.25) is 0 Å². The molecule has 2 aromatic heterocycles. The van der Waals surface area contributed by atoms with E-state index in [-0.39, 0.29) is 0 Å². The zero-order valence-electron chi connectivity index (χ0n) is 5.89. The van der Waals surface area contributed by atoms with Crippen LogP contribution in [0.3, 0.4) is 0 Å². The van der Waals surface area contributed by atoms with Gasteiger partial charge in [0.2, 0.25) is 5.65 Å². The van der Waals surface area contributed by atoms with Crippen LogP contribution in [-0.2, 0) is 0 Å². The van der Waals surface area contributed by atoms with Crippen LogP contribution in [0.25, 0.3) is 5.65 Å². The third-order valence-corrected chi connectivity index (χ3v) is 1.38. The molecule has 0 radical (unpaired) electrons. The summed E-state index contributed by atoms with van der Waals surface area (Å²) in [5.41, 5.74) is 1.50. The van der Waals surface area contributed by atoms with E-state index in [4.69, 9.17) is 0 Å². The topological polar surface area (TPSA) is 68.0 Å². The molecular formula is C5H6N6. The first-order valence-corrected chi connectivity index (χ1v) is 3.13. The summed E-state index contributed by atoms with van der Waals surface area (Å²) >= 11 is 0. The Kier molecular flexibility index (Phi) is 1.18. The molecule has 2 rings (SSSR count). The lowest BCUT2D eigenvalue weighted by Crippen LogP contribution is -1.97. The highest BCUT2D eigenvalue weighted by Gasteiger charge is 2.01. The summed E-state index contributed by atoms with van der Waals surface area (Å²) < 4.78 is 1.37. The Morgan fingerprint density at radius 3 is 3.27 bits per heavy atom. The highest BCUT2D eigenvalue weighted by molar-refractivity contribution is 5.64. The maximum atomic E-state index is 3.89. The standard InChI is InChI=1S/C5H6N6/c1-6-4-2-3-7-11-5(4)8-9-10-11/h2-3,6H,1H3. The minimum Gasteiger partial charge on any atom is -0.385 e. The van der Waals surface area contributed by atoms with E-state index in [1.54, 1.807) is 6.20 Å². The quantitative estimate of drug-likeness (QED) is 0.597. The van der Waals surface area contributed by atoms with Gasteiger partial charge >= 0.3 is 0 Å². The van der Waals surface area contributed by atoms with Crippen LogP contribution in [-0.4, -0.2) is 32.3 Å². The first-order chi connectivity index (χ1) is 5.42. The van der Waals surface area contributed by atoms with Gasteiger partial charge in [-0.3, -0.25) is 0 Å². The number of anilines is 1. The number of hydrogen-bond donors (Lipinski definition) is 1. The van der Waals surface area contributed by atoms with Crippen molar-refractivity contribution < 1.29 is 0 Å². The van der Waals surface area contributed by atoms with Gasteiger partial charge in [-0.05, 0) is 16.5 Å². The fourth-order valence-corrected chi connectivity index (χ4v) is 0.863. The number of tetrazole rings is 1. The molecule has 0 aliphatic heterocycles. The van der Waals surface area contributed by atoms with Gasteiger partial charge in [-0.15, -0.1) is 9.73 Å². The lowest BCUT2D eigenvalue weighted by atomic mass is 10.4. The molecule has 6 nitrogen and oxygen atoms in total. The highest BCUT2D eigenvalue weighted by atomic mass is 15.6. The Hall–Kier alpha value is -1.72. The van der Waals surface area contributed by atoms with Crippen LogP contribution < -0.4 is 5.32 Å². The average molecular weight is 150 g/mol. The van der Waals surface area contributed by atoms with Gasteiger partial charge in [0.05, 0.1) is 11.9 Å². The van der Waals surface area contributed by atoms with Crippen LogP contribution in [0.5, 0.6) is 0 Å². The fraction of sp³-hybridized carbons (Fsp3) is 0.200. The number of aromatic nitrogens is 5. The van der Waals surface area contributed by atoms with Gasteiger partial charge < -0.3 is 5.32 Å². The molecule has 0 atom stereocenters. The van der Waals surface area contributed by atoms with Crippen molar-refractivity contribution in [2.45, 2.75) is 0 Å². The molecule has 0 amide bonds. The van der Waals surface area contributed by atoms with Crippen molar-refractivity contribution in [3.63, 3.8) is 0 Å². The fourth-order valence-electron chi connectivity index (χ4n) is 0.863. The lowest BCUT2D eigenvalue weighted by Gasteiger charge is -1.96. The van der Waals surface area contributed by atoms with E-state index >= 15 is 0 Å². The van der Waals surface area contributed by atoms with E-state index in [2.05, 4.69) is 25.9 Å². The van der Waals surface area contributed by atoms with Crippen molar-refractivity contribution in [1.82, 2.24) is 25.3 Å². The molecule has 11 heavy (non-hydrogen) atoms. The van der Waals surface area contributed by atoms with E-state index < -0.39 is 0 Å². The SMILES string of the molecule is CNc1ccnn2nnnc12. The molecule has 0 fully saturated rings. The van der Waals surface area contributed by atoms with Gasteiger partial charge in [0.25, 0.3) is 0 Å². The van der Waals surface area contributed by atoms with Crippen molar-refractivity contribution in [3.05, 3.63) is 12.3 Å². The Morgan fingerprint density at radius 1 is 1.55 bits per heavy atom. The summed E-state index contributed by atoms with van der Waals surface area (Å²) in [6, 6.07) is 1.81. The summed E-state index contributed by atoms with van der Waals surface area (Å²) in [5.74, 6) is 0. The predicted molar refractivity (Wildman–Crippen MR) is 38.1 cm³/mol. The maximum absolute atomic E-state index is 3.89. The molecule has 0 unspecified atom stereocenters. The van der Waals surface area contributed by atoms with E-state index in [0.29, 0.717) is 5.65 Å². The molecule has 0 saturated heterocycles. The first-order valence-electron chi connectivity index (χ1n) is 3.13. The molecule has 2 aromatic rings. The van der Waals surface area contributed by atoms with Crippen molar-refractivity contribution in [1.29, 1.82) is 0 Å². The van der Waals surface area contributed by atoms with Gasteiger partial charge in [0.1, 0.15) is 0 Å². The summed E-state index contributed by atoms with van der Waals surface area (Å²) in [6.07, 6.45) is 1.63. The number of nitrogens with one attached hydrogen (secondary N) is 1. The van der Waals surface area contributed by atoms with Crippen molar-refractivity contribution in [2.24, 2.45) is 0 Å². The molecule has 0 aromatic carbocycles. The monoisotopic (exact) mass is 150 g/mol. The number of rotatable bonds is 1. The molecular weight excluding hydrogens is 144 g/mol. The molecule has 1 N–H and O–H groups in total. The average Bonchev–Trinajstić information content (AvgIpc) is 2.50. The molecule has 0 bridgehead atoms. The summed E-state index contributed by atoms with van der Waals surface area (Å²) in [5, 5.41) is 17.7. The van der Waals surface area contributed by atoms with Gasteiger partial charge in [-0.25, -0.2) is 0 Å². The molecule has 0 saturated carbocycles. The third kappa shape index (κ3) is 0.794. The van der Waals surface area contributed by atoms with Crippen LogP contribution in [0.1, 0.15) is 0 Å². The first kappa shape index (κ1) is 6.02. The second kappa shape index (κ2) is 2.15. The highest BCUT2D eigenvalue weighted by Crippen LogP contribution is 2.08. The lowest BCUT2D eigenvalue weighted by molar-refractivity contribution is 0.733. The zero-order valence-corrected chi connectivity index (χ0v) is 5.89. The Morgan fingerprint density at radius 2 is 2.45 bits per heavy atom. The van der Waals surface area contributed by atoms with Gasteiger partial charge in [-0.1, -0.05) is 0 Å². The minimum atomic E-state index is 0.634. The Bertz CT molecular complexity index is 366.